The molecule has 1 saturated heterocycles. The van der Waals surface area contributed by atoms with Crippen LogP contribution in [-0.4, -0.2) is 54.9 Å². The van der Waals surface area contributed by atoms with Gasteiger partial charge < -0.3 is 21.1 Å². The van der Waals surface area contributed by atoms with Crippen LogP contribution >= 0.6 is 0 Å². The highest BCUT2D eigenvalue weighted by molar-refractivity contribution is 4.91. The maximum atomic E-state index is 9.86. The molecule has 34 heavy (non-hydrogen) atoms. The Hall–Kier alpha value is -0.160. The Morgan fingerprint density at radius 3 is 1.85 bits per heavy atom. The zero-order valence-corrected chi connectivity index (χ0v) is 22.0. The molecule has 4 heteroatoms. The molecule has 4 aliphatic carbocycles. The van der Waals surface area contributed by atoms with Crippen LogP contribution in [0.5, 0.6) is 0 Å². The Kier molecular flexibility index (Phi) is 9.29. The molecule has 7 atom stereocenters. The van der Waals surface area contributed by atoms with Gasteiger partial charge in [-0.2, -0.15) is 0 Å². The number of fused-ring (bicyclic) bond motifs is 4. The first-order valence-corrected chi connectivity index (χ1v) is 15.5. The van der Waals surface area contributed by atoms with Crippen molar-refractivity contribution in [2.24, 2.45) is 47.2 Å². The van der Waals surface area contributed by atoms with Crippen LogP contribution in [0.2, 0.25) is 0 Å². The summed E-state index contributed by atoms with van der Waals surface area (Å²) < 4.78 is 0. The number of rotatable bonds is 14. The van der Waals surface area contributed by atoms with Gasteiger partial charge in [0.2, 0.25) is 0 Å². The molecule has 1 aliphatic heterocycles. The largest absolute Gasteiger partial charge is 0.390 e. The lowest BCUT2D eigenvalue weighted by molar-refractivity contribution is 0.0932. The Bertz CT molecular complexity index is 572. The molecular formula is C30H55N3O. The van der Waals surface area contributed by atoms with Gasteiger partial charge >= 0.3 is 0 Å². The second kappa shape index (κ2) is 12.4. The molecule has 7 unspecified atom stereocenters. The van der Waals surface area contributed by atoms with Crippen molar-refractivity contribution in [1.82, 2.24) is 10.2 Å². The molecule has 0 spiro atoms. The minimum absolute atomic E-state index is 0.357. The van der Waals surface area contributed by atoms with Crippen molar-refractivity contribution in [2.45, 2.75) is 115 Å². The van der Waals surface area contributed by atoms with Gasteiger partial charge in [0.1, 0.15) is 0 Å². The number of hydrogen-bond acceptors (Lipinski definition) is 4. The Balaban J connectivity index is 1.03. The molecule has 0 aromatic heterocycles. The van der Waals surface area contributed by atoms with Gasteiger partial charge in [-0.3, -0.25) is 0 Å². The molecule has 0 aromatic rings. The highest BCUT2D eigenvalue weighted by Gasteiger charge is 2.40. The lowest BCUT2D eigenvalue weighted by atomic mass is 9.83. The number of nitrogens with one attached hydrogen (secondary N) is 1. The molecule has 5 fully saturated rings. The van der Waals surface area contributed by atoms with E-state index in [1.54, 1.807) is 51.4 Å². The third-order valence-electron chi connectivity index (χ3n) is 11.2. The molecule has 196 valence electrons. The standard InChI is InChI=1S/C30H55N3O/c31-19-30(34)21-33-13-11-22(12-14-33)20-32-29(5-1-3-25-15-23-7-9-27(25)17-23)6-2-4-26-16-24-8-10-28(26)18-24/h22-30,32,34H,1-21,31H2. The number of likely N-dealkylation sites (tertiary alicyclic amines) is 1. The number of aliphatic hydroxyl groups is 1. The fourth-order valence-electron chi connectivity index (χ4n) is 9.14. The van der Waals surface area contributed by atoms with Crippen molar-refractivity contribution in [2.75, 3.05) is 32.7 Å². The van der Waals surface area contributed by atoms with Crippen LogP contribution in [0.1, 0.15) is 103 Å². The summed E-state index contributed by atoms with van der Waals surface area (Å²) in [4.78, 5) is 2.41. The Morgan fingerprint density at radius 2 is 1.38 bits per heavy atom. The predicted molar refractivity (Wildman–Crippen MR) is 142 cm³/mol. The maximum Gasteiger partial charge on any atom is 0.0789 e. The number of nitrogens with two attached hydrogens (primary N) is 1. The van der Waals surface area contributed by atoms with Gasteiger partial charge in [-0.1, -0.05) is 38.5 Å². The molecule has 5 aliphatic rings. The van der Waals surface area contributed by atoms with Gasteiger partial charge in [-0.25, -0.2) is 0 Å². The molecule has 4 N–H and O–H groups in total. The van der Waals surface area contributed by atoms with Crippen molar-refractivity contribution < 1.29 is 5.11 Å². The van der Waals surface area contributed by atoms with Crippen LogP contribution in [0.15, 0.2) is 0 Å². The molecule has 5 rings (SSSR count). The lowest BCUT2D eigenvalue weighted by Gasteiger charge is -2.34. The van der Waals surface area contributed by atoms with Gasteiger partial charge in [0.05, 0.1) is 6.10 Å². The number of nitrogens with zero attached hydrogens (tertiary/aromatic N) is 1. The average Bonchev–Trinajstić information content (AvgIpc) is 3.65. The van der Waals surface area contributed by atoms with E-state index in [9.17, 15) is 5.11 Å². The molecule has 1 heterocycles. The fourth-order valence-corrected chi connectivity index (χ4v) is 9.14. The summed E-state index contributed by atoms with van der Waals surface area (Å²) in [5, 5.41) is 14.0. The van der Waals surface area contributed by atoms with E-state index in [1.165, 1.54) is 57.9 Å². The zero-order chi connectivity index (χ0) is 23.3. The van der Waals surface area contributed by atoms with Gasteiger partial charge in [-0.15, -0.1) is 0 Å². The summed E-state index contributed by atoms with van der Waals surface area (Å²) in [7, 11) is 0. The van der Waals surface area contributed by atoms with Crippen LogP contribution < -0.4 is 11.1 Å². The monoisotopic (exact) mass is 473 g/mol. The zero-order valence-electron chi connectivity index (χ0n) is 22.0. The van der Waals surface area contributed by atoms with E-state index in [1.807, 2.05) is 0 Å². The van der Waals surface area contributed by atoms with Crippen LogP contribution in [0, 0.1) is 41.4 Å². The lowest BCUT2D eigenvalue weighted by Crippen LogP contribution is -2.43. The van der Waals surface area contributed by atoms with E-state index in [4.69, 9.17) is 5.73 Å². The molecular weight excluding hydrogens is 418 g/mol. The van der Waals surface area contributed by atoms with Crippen LogP contribution in [0.25, 0.3) is 0 Å². The summed E-state index contributed by atoms with van der Waals surface area (Å²) in [5.74, 6) is 7.34. The molecule has 0 radical (unpaired) electrons. The quantitative estimate of drug-likeness (QED) is 0.325. The van der Waals surface area contributed by atoms with Gasteiger partial charge in [-0.05, 0) is 125 Å². The number of hydrogen-bond donors (Lipinski definition) is 3. The summed E-state index contributed by atoms with van der Waals surface area (Å²) in [6.45, 7) is 4.60. The first kappa shape index (κ1) is 25.5. The van der Waals surface area contributed by atoms with Crippen molar-refractivity contribution >= 4 is 0 Å². The van der Waals surface area contributed by atoms with E-state index in [2.05, 4.69) is 10.2 Å². The highest BCUT2D eigenvalue weighted by Crippen LogP contribution is 2.51. The van der Waals surface area contributed by atoms with E-state index >= 15 is 0 Å². The van der Waals surface area contributed by atoms with Gasteiger partial charge in [0.15, 0.2) is 0 Å². The second-order valence-electron chi connectivity index (χ2n) is 13.5. The van der Waals surface area contributed by atoms with Gasteiger partial charge in [0.25, 0.3) is 0 Å². The third kappa shape index (κ3) is 6.78. The summed E-state index contributed by atoms with van der Waals surface area (Å²) in [6.07, 6.45) is 23.3. The smallest absolute Gasteiger partial charge is 0.0789 e. The summed E-state index contributed by atoms with van der Waals surface area (Å²) >= 11 is 0. The predicted octanol–water partition coefficient (Wildman–Crippen LogP) is 5.19. The van der Waals surface area contributed by atoms with E-state index < -0.39 is 0 Å². The first-order chi connectivity index (χ1) is 16.7. The molecule has 4 saturated carbocycles. The van der Waals surface area contributed by atoms with E-state index in [0.29, 0.717) is 6.54 Å². The molecule has 0 amide bonds. The number of piperidine rings is 1. The third-order valence-corrected chi connectivity index (χ3v) is 11.2. The minimum Gasteiger partial charge on any atom is -0.390 e. The molecule has 4 bridgehead atoms. The fraction of sp³-hybridized carbons (Fsp3) is 1.00. The Morgan fingerprint density at radius 1 is 0.794 bits per heavy atom. The van der Waals surface area contributed by atoms with Crippen LogP contribution in [-0.2, 0) is 0 Å². The van der Waals surface area contributed by atoms with Gasteiger partial charge in [0, 0.05) is 19.1 Å². The van der Waals surface area contributed by atoms with E-state index in [0.717, 1.165) is 67.1 Å². The number of aliphatic hydroxyl groups excluding tert-OH is 1. The summed E-state index contributed by atoms with van der Waals surface area (Å²) in [6, 6.07) is 0.745. The highest BCUT2D eigenvalue weighted by atomic mass is 16.3. The second-order valence-corrected chi connectivity index (χ2v) is 13.5. The number of β-amino-alcohol motifs (C(OH)–C–C–N with tert-alkyl or cyclic N) is 1. The average molecular weight is 474 g/mol. The SMILES string of the molecule is NCC(O)CN1CCC(CNC(CCCC2CC3CCC2C3)CCCC2CC3CCC2C3)CC1. The molecule has 4 nitrogen and oxygen atoms in total. The van der Waals surface area contributed by atoms with Crippen molar-refractivity contribution in [1.29, 1.82) is 0 Å². The van der Waals surface area contributed by atoms with Crippen molar-refractivity contribution in [3.63, 3.8) is 0 Å². The topological polar surface area (TPSA) is 61.5 Å². The Labute approximate surface area is 210 Å². The maximum absolute atomic E-state index is 9.86. The van der Waals surface area contributed by atoms with Crippen molar-refractivity contribution in [3.05, 3.63) is 0 Å². The molecule has 0 aromatic carbocycles. The first-order valence-electron chi connectivity index (χ1n) is 15.5. The van der Waals surface area contributed by atoms with Crippen LogP contribution in [0.4, 0.5) is 0 Å². The minimum atomic E-state index is -0.357. The summed E-state index contributed by atoms with van der Waals surface area (Å²) in [5.41, 5.74) is 5.61. The van der Waals surface area contributed by atoms with Crippen molar-refractivity contribution in [3.8, 4) is 0 Å². The van der Waals surface area contributed by atoms with Crippen LogP contribution in [0.3, 0.4) is 0 Å². The normalized spacial score (nSPS) is 37.6. The van der Waals surface area contributed by atoms with E-state index in [-0.39, 0.29) is 6.10 Å².